The Morgan fingerprint density at radius 2 is 2.26 bits per heavy atom. The Morgan fingerprint density at radius 1 is 1.47 bits per heavy atom. The van der Waals surface area contributed by atoms with Crippen molar-refractivity contribution in [3.63, 3.8) is 0 Å². The molecule has 0 aliphatic carbocycles. The molecule has 0 radical (unpaired) electrons. The number of thioether (sulfide) groups is 1. The zero-order valence-electron chi connectivity index (χ0n) is 10.4. The molecule has 1 aliphatic heterocycles. The topological polar surface area (TPSA) is 17.8 Å². The van der Waals surface area contributed by atoms with E-state index in [0.29, 0.717) is 11.3 Å². The van der Waals surface area contributed by atoms with Gasteiger partial charge < -0.3 is 4.57 Å². The number of aromatic nitrogens is 2. The molecule has 0 bridgehead atoms. The van der Waals surface area contributed by atoms with E-state index >= 15 is 0 Å². The highest BCUT2D eigenvalue weighted by Gasteiger charge is 2.27. The predicted octanol–water partition coefficient (Wildman–Crippen LogP) is 4.29. The standard InChI is InChI=1S/C13H13ClF2N2S/c1-7(14)13-17-10-3-2-9(15)11(16)12(10)18(13)8-4-5-19-6-8/h2-3,7-8H,4-6H2,1H3. The number of fused-ring (bicyclic) bond motifs is 1. The fourth-order valence-electron chi connectivity index (χ4n) is 2.52. The number of imidazole rings is 1. The summed E-state index contributed by atoms with van der Waals surface area (Å²) in [6, 6.07) is 2.76. The van der Waals surface area contributed by atoms with E-state index in [4.69, 9.17) is 11.6 Å². The van der Waals surface area contributed by atoms with Crippen LogP contribution in [0.3, 0.4) is 0 Å². The molecule has 3 rings (SSSR count). The minimum absolute atomic E-state index is 0.141. The Bertz CT molecular complexity index is 621. The van der Waals surface area contributed by atoms with Crippen LogP contribution < -0.4 is 0 Å². The number of nitrogens with zero attached hydrogens (tertiary/aromatic N) is 2. The lowest BCUT2D eigenvalue weighted by Crippen LogP contribution is -2.13. The van der Waals surface area contributed by atoms with Gasteiger partial charge in [-0.15, -0.1) is 11.6 Å². The number of benzene rings is 1. The molecule has 2 aromatic rings. The van der Waals surface area contributed by atoms with Gasteiger partial charge in [0.1, 0.15) is 11.3 Å². The smallest absolute Gasteiger partial charge is 0.184 e. The lowest BCUT2D eigenvalue weighted by molar-refractivity contribution is 0.497. The average molecular weight is 303 g/mol. The highest BCUT2D eigenvalue weighted by molar-refractivity contribution is 7.99. The molecule has 1 aliphatic rings. The van der Waals surface area contributed by atoms with Gasteiger partial charge in [-0.1, -0.05) is 0 Å². The van der Waals surface area contributed by atoms with Crippen molar-refractivity contribution >= 4 is 34.4 Å². The van der Waals surface area contributed by atoms with Crippen LogP contribution in [0.25, 0.3) is 11.0 Å². The summed E-state index contributed by atoms with van der Waals surface area (Å²) >= 11 is 7.96. The molecule has 0 amide bonds. The zero-order chi connectivity index (χ0) is 13.6. The highest BCUT2D eigenvalue weighted by Crippen LogP contribution is 2.36. The van der Waals surface area contributed by atoms with Crippen LogP contribution in [0.1, 0.15) is 30.6 Å². The van der Waals surface area contributed by atoms with E-state index in [1.165, 1.54) is 6.07 Å². The molecule has 0 spiro atoms. The van der Waals surface area contributed by atoms with Gasteiger partial charge in [0.05, 0.1) is 10.9 Å². The van der Waals surface area contributed by atoms with Crippen molar-refractivity contribution in [3.05, 3.63) is 29.6 Å². The van der Waals surface area contributed by atoms with E-state index in [-0.39, 0.29) is 16.9 Å². The van der Waals surface area contributed by atoms with Crippen molar-refractivity contribution in [1.29, 1.82) is 0 Å². The van der Waals surface area contributed by atoms with Crippen LogP contribution in [0.5, 0.6) is 0 Å². The third-order valence-corrected chi connectivity index (χ3v) is 4.74. The van der Waals surface area contributed by atoms with Gasteiger partial charge in [0.15, 0.2) is 11.6 Å². The number of hydrogen-bond donors (Lipinski definition) is 0. The number of alkyl halides is 1. The lowest BCUT2D eigenvalue weighted by Gasteiger charge is -2.17. The first-order chi connectivity index (χ1) is 9.09. The van der Waals surface area contributed by atoms with Crippen LogP contribution in [0.15, 0.2) is 12.1 Å². The monoisotopic (exact) mass is 302 g/mol. The maximum atomic E-state index is 14.1. The van der Waals surface area contributed by atoms with Crippen LogP contribution in [0.2, 0.25) is 0 Å². The van der Waals surface area contributed by atoms with E-state index in [1.54, 1.807) is 11.5 Å². The molecule has 1 aromatic carbocycles. The molecule has 0 N–H and O–H groups in total. The molecular weight excluding hydrogens is 290 g/mol. The Balaban J connectivity index is 2.30. The minimum atomic E-state index is -0.840. The number of halogens is 3. The van der Waals surface area contributed by atoms with Gasteiger partial charge in [0, 0.05) is 11.8 Å². The molecule has 0 saturated carbocycles. The van der Waals surface area contributed by atoms with Crippen molar-refractivity contribution in [3.8, 4) is 0 Å². The van der Waals surface area contributed by atoms with Crippen LogP contribution in [-0.2, 0) is 0 Å². The van der Waals surface area contributed by atoms with Crippen molar-refractivity contribution in [1.82, 2.24) is 9.55 Å². The summed E-state index contributed by atoms with van der Waals surface area (Å²) < 4.78 is 29.4. The molecule has 2 unspecified atom stereocenters. The fourth-order valence-corrected chi connectivity index (χ4v) is 3.86. The van der Waals surface area contributed by atoms with Crippen molar-refractivity contribution in [2.45, 2.75) is 24.8 Å². The Hall–Kier alpha value is -0.810. The summed E-state index contributed by atoms with van der Waals surface area (Å²) in [5.74, 6) is 0.863. The van der Waals surface area contributed by atoms with E-state index in [2.05, 4.69) is 4.98 Å². The van der Waals surface area contributed by atoms with Gasteiger partial charge in [-0.25, -0.2) is 13.8 Å². The molecule has 2 heterocycles. The van der Waals surface area contributed by atoms with Gasteiger partial charge in [0.2, 0.25) is 0 Å². The van der Waals surface area contributed by atoms with E-state index in [0.717, 1.165) is 24.0 Å². The lowest BCUT2D eigenvalue weighted by atomic mass is 10.2. The molecule has 2 atom stereocenters. The Morgan fingerprint density at radius 3 is 2.89 bits per heavy atom. The molecule has 1 aromatic heterocycles. The normalized spacial score (nSPS) is 21.2. The van der Waals surface area contributed by atoms with Gasteiger partial charge in [-0.05, 0) is 31.2 Å². The van der Waals surface area contributed by atoms with Crippen LogP contribution in [-0.4, -0.2) is 21.1 Å². The first kappa shape index (κ1) is 13.2. The quantitative estimate of drug-likeness (QED) is 0.770. The maximum absolute atomic E-state index is 14.1. The zero-order valence-corrected chi connectivity index (χ0v) is 11.9. The Labute approximate surface area is 119 Å². The molecule has 1 saturated heterocycles. The molecular formula is C13H13ClF2N2S. The van der Waals surface area contributed by atoms with E-state index < -0.39 is 11.6 Å². The summed E-state index contributed by atoms with van der Waals surface area (Å²) in [6.07, 6.45) is 0.933. The van der Waals surface area contributed by atoms with Gasteiger partial charge in [-0.2, -0.15) is 11.8 Å². The second-order valence-corrected chi connectivity index (χ2v) is 6.51. The van der Waals surface area contributed by atoms with Gasteiger partial charge in [-0.3, -0.25) is 0 Å². The predicted molar refractivity (Wildman–Crippen MR) is 74.9 cm³/mol. The second-order valence-electron chi connectivity index (χ2n) is 4.70. The van der Waals surface area contributed by atoms with Crippen molar-refractivity contribution < 1.29 is 8.78 Å². The van der Waals surface area contributed by atoms with Gasteiger partial charge in [0.25, 0.3) is 0 Å². The van der Waals surface area contributed by atoms with Gasteiger partial charge >= 0.3 is 0 Å². The number of hydrogen-bond acceptors (Lipinski definition) is 2. The van der Waals surface area contributed by atoms with Crippen LogP contribution in [0, 0.1) is 11.6 Å². The molecule has 1 fully saturated rings. The average Bonchev–Trinajstić information content (AvgIpc) is 3.00. The molecule has 19 heavy (non-hydrogen) atoms. The van der Waals surface area contributed by atoms with E-state index in [1.807, 2.05) is 11.8 Å². The first-order valence-electron chi connectivity index (χ1n) is 6.17. The fraction of sp³-hybridized carbons (Fsp3) is 0.462. The van der Waals surface area contributed by atoms with E-state index in [9.17, 15) is 8.78 Å². The summed E-state index contributed by atoms with van der Waals surface area (Å²) in [5, 5.41) is -0.333. The third-order valence-electron chi connectivity index (χ3n) is 3.40. The largest absolute Gasteiger partial charge is 0.320 e. The molecule has 102 valence electrons. The summed E-state index contributed by atoms with van der Waals surface area (Å²) in [5.41, 5.74) is 0.716. The summed E-state index contributed by atoms with van der Waals surface area (Å²) in [7, 11) is 0. The maximum Gasteiger partial charge on any atom is 0.184 e. The molecule has 2 nitrogen and oxygen atoms in total. The SMILES string of the molecule is CC(Cl)c1nc2ccc(F)c(F)c2n1C1CCSC1. The van der Waals surface area contributed by atoms with Crippen LogP contribution >= 0.6 is 23.4 Å². The minimum Gasteiger partial charge on any atom is -0.320 e. The number of rotatable bonds is 2. The van der Waals surface area contributed by atoms with Crippen molar-refractivity contribution in [2.75, 3.05) is 11.5 Å². The second kappa shape index (κ2) is 4.94. The molecule has 6 heteroatoms. The summed E-state index contributed by atoms with van der Waals surface area (Å²) in [4.78, 5) is 4.37. The van der Waals surface area contributed by atoms with Crippen molar-refractivity contribution in [2.24, 2.45) is 0 Å². The highest BCUT2D eigenvalue weighted by atomic mass is 35.5. The third kappa shape index (κ3) is 2.13. The first-order valence-corrected chi connectivity index (χ1v) is 7.76. The summed E-state index contributed by atoms with van der Waals surface area (Å²) in [6.45, 7) is 1.80. The Kier molecular flexibility index (Phi) is 3.43. The van der Waals surface area contributed by atoms with Crippen LogP contribution in [0.4, 0.5) is 8.78 Å².